The van der Waals surface area contributed by atoms with Crippen LogP contribution in [0, 0.1) is 0 Å². The van der Waals surface area contributed by atoms with E-state index < -0.39 is 0 Å². The Bertz CT molecular complexity index is 942. The van der Waals surface area contributed by atoms with Gasteiger partial charge in [-0.2, -0.15) is 5.10 Å². The van der Waals surface area contributed by atoms with E-state index in [1.807, 2.05) is 47.1 Å². The fourth-order valence-electron chi connectivity index (χ4n) is 2.63. The number of hydrogen-bond donors (Lipinski definition) is 1. The second-order valence-electron chi connectivity index (χ2n) is 5.08. The van der Waals surface area contributed by atoms with Crippen molar-refractivity contribution in [2.24, 2.45) is 0 Å². The lowest BCUT2D eigenvalue weighted by Crippen LogP contribution is -1.96. The molecule has 4 rings (SSSR count). The van der Waals surface area contributed by atoms with E-state index in [9.17, 15) is 0 Å². The van der Waals surface area contributed by atoms with E-state index in [4.69, 9.17) is 10.8 Å². The summed E-state index contributed by atoms with van der Waals surface area (Å²) in [5.41, 5.74) is 10.6. The highest BCUT2D eigenvalue weighted by atomic mass is 15.3. The van der Waals surface area contributed by atoms with Crippen LogP contribution >= 0.6 is 0 Å². The number of pyridine rings is 1. The normalized spacial score (nSPS) is 10.9. The van der Waals surface area contributed by atoms with Gasteiger partial charge < -0.3 is 5.73 Å². The van der Waals surface area contributed by atoms with Gasteiger partial charge in [0.15, 0.2) is 0 Å². The Hall–Kier alpha value is -3.14. The molecule has 4 nitrogen and oxygen atoms in total. The Morgan fingerprint density at radius 2 is 1.64 bits per heavy atom. The molecule has 4 heteroatoms. The highest BCUT2D eigenvalue weighted by Gasteiger charge is 2.14. The van der Waals surface area contributed by atoms with Crippen molar-refractivity contribution in [2.75, 3.05) is 5.73 Å². The van der Waals surface area contributed by atoms with Crippen LogP contribution in [0.25, 0.3) is 27.8 Å². The maximum atomic E-state index is 6.10. The lowest BCUT2D eigenvalue weighted by Gasteiger charge is -2.02. The van der Waals surface area contributed by atoms with Gasteiger partial charge in [-0.3, -0.25) is 4.98 Å². The lowest BCUT2D eigenvalue weighted by atomic mass is 10.1. The molecule has 0 saturated carbocycles. The molecule has 0 fully saturated rings. The third-order valence-electron chi connectivity index (χ3n) is 3.70. The van der Waals surface area contributed by atoms with Gasteiger partial charge in [0.05, 0.1) is 11.2 Å². The minimum atomic E-state index is 0.679. The molecule has 0 spiro atoms. The fraction of sp³-hybridized carbons (Fsp3) is 0. The number of anilines is 1. The van der Waals surface area contributed by atoms with Crippen molar-refractivity contribution in [3.63, 3.8) is 0 Å². The van der Waals surface area contributed by atoms with Gasteiger partial charge in [0, 0.05) is 29.0 Å². The molecule has 0 bridgehead atoms. The number of aromatic nitrogens is 3. The summed E-state index contributed by atoms with van der Waals surface area (Å²) in [7, 11) is 0. The number of nitrogens with zero attached hydrogens (tertiary/aromatic N) is 3. The molecule has 0 unspecified atom stereocenters. The summed E-state index contributed by atoms with van der Waals surface area (Å²) in [5.74, 6) is 0. The highest BCUT2D eigenvalue weighted by Crippen LogP contribution is 2.32. The van der Waals surface area contributed by atoms with Gasteiger partial charge in [0.2, 0.25) is 0 Å². The fourth-order valence-corrected chi connectivity index (χ4v) is 2.63. The molecule has 0 saturated heterocycles. The zero-order valence-corrected chi connectivity index (χ0v) is 11.8. The summed E-state index contributed by atoms with van der Waals surface area (Å²) in [5, 5.41) is 5.85. The van der Waals surface area contributed by atoms with Crippen molar-refractivity contribution in [3.8, 4) is 16.9 Å². The minimum Gasteiger partial charge on any atom is -0.398 e. The molecule has 22 heavy (non-hydrogen) atoms. The van der Waals surface area contributed by atoms with Crippen molar-refractivity contribution in [1.82, 2.24) is 14.8 Å². The third-order valence-corrected chi connectivity index (χ3v) is 3.70. The second-order valence-corrected chi connectivity index (χ2v) is 5.08. The van der Waals surface area contributed by atoms with Crippen LogP contribution in [0.3, 0.4) is 0 Å². The monoisotopic (exact) mass is 286 g/mol. The van der Waals surface area contributed by atoms with Crippen molar-refractivity contribution in [3.05, 3.63) is 73.1 Å². The SMILES string of the molecule is Nc1ccncc1-c1nn(-c2ccccc2)c2ccccc12. The smallest absolute Gasteiger partial charge is 0.104 e. The summed E-state index contributed by atoms with van der Waals surface area (Å²) in [6.45, 7) is 0. The van der Waals surface area contributed by atoms with Gasteiger partial charge in [-0.05, 0) is 24.3 Å². The van der Waals surface area contributed by atoms with Gasteiger partial charge in [-0.25, -0.2) is 4.68 Å². The first-order chi connectivity index (χ1) is 10.8. The van der Waals surface area contributed by atoms with Crippen LogP contribution in [-0.4, -0.2) is 14.8 Å². The van der Waals surface area contributed by atoms with Crippen LogP contribution in [-0.2, 0) is 0 Å². The van der Waals surface area contributed by atoms with E-state index in [1.165, 1.54) is 0 Å². The van der Waals surface area contributed by atoms with Crippen LogP contribution < -0.4 is 5.73 Å². The molecule has 0 aliphatic carbocycles. The van der Waals surface area contributed by atoms with E-state index in [0.29, 0.717) is 5.69 Å². The highest BCUT2D eigenvalue weighted by molar-refractivity contribution is 5.96. The lowest BCUT2D eigenvalue weighted by molar-refractivity contribution is 0.915. The number of benzene rings is 2. The molecule has 106 valence electrons. The van der Waals surface area contributed by atoms with Crippen LogP contribution in [0.1, 0.15) is 0 Å². The number of fused-ring (bicyclic) bond motifs is 1. The summed E-state index contributed by atoms with van der Waals surface area (Å²) >= 11 is 0. The molecule has 4 aromatic rings. The summed E-state index contributed by atoms with van der Waals surface area (Å²) in [6.07, 6.45) is 3.45. The Balaban J connectivity index is 2.04. The van der Waals surface area contributed by atoms with Crippen LogP contribution in [0.4, 0.5) is 5.69 Å². The molecule has 2 N–H and O–H groups in total. The molecule has 2 aromatic heterocycles. The largest absolute Gasteiger partial charge is 0.398 e. The molecule has 2 heterocycles. The molecule has 2 aromatic carbocycles. The van der Waals surface area contributed by atoms with Gasteiger partial charge in [-0.15, -0.1) is 0 Å². The van der Waals surface area contributed by atoms with Gasteiger partial charge in [-0.1, -0.05) is 36.4 Å². The molecule has 0 aliphatic rings. The van der Waals surface area contributed by atoms with Crippen molar-refractivity contribution < 1.29 is 0 Å². The average Bonchev–Trinajstić information content (AvgIpc) is 2.96. The maximum absolute atomic E-state index is 6.10. The Morgan fingerprint density at radius 1 is 0.864 bits per heavy atom. The van der Waals surface area contributed by atoms with Crippen molar-refractivity contribution in [1.29, 1.82) is 0 Å². The molecule has 0 radical (unpaired) electrons. The first kappa shape index (κ1) is 12.6. The molecular formula is C18H14N4. The van der Waals surface area contributed by atoms with E-state index in [-0.39, 0.29) is 0 Å². The van der Waals surface area contributed by atoms with Crippen molar-refractivity contribution in [2.45, 2.75) is 0 Å². The van der Waals surface area contributed by atoms with E-state index in [2.05, 4.69) is 17.1 Å². The molecule has 0 atom stereocenters. The van der Waals surface area contributed by atoms with Crippen LogP contribution in [0.5, 0.6) is 0 Å². The van der Waals surface area contributed by atoms with Crippen LogP contribution in [0.15, 0.2) is 73.1 Å². The zero-order chi connectivity index (χ0) is 14.9. The van der Waals surface area contributed by atoms with Gasteiger partial charge in [0.25, 0.3) is 0 Å². The van der Waals surface area contributed by atoms with E-state index >= 15 is 0 Å². The molecular weight excluding hydrogens is 272 g/mol. The number of nitrogens with two attached hydrogens (primary N) is 1. The number of nitrogen functional groups attached to an aromatic ring is 1. The molecule has 0 amide bonds. The van der Waals surface area contributed by atoms with Gasteiger partial charge in [0.1, 0.15) is 5.69 Å². The summed E-state index contributed by atoms with van der Waals surface area (Å²) < 4.78 is 1.94. The van der Waals surface area contributed by atoms with Crippen molar-refractivity contribution >= 4 is 16.6 Å². The number of rotatable bonds is 2. The topological polar surface area (TPSA) is 56.7 Å². The second kappa shape index (κ2) is 5.00. The Labute approximate surface area is 127 Å². The zero-order valence-electron chi connectivity index (χ0n) is 11.8. The number of para-hydroxylation sites is 2. The Kier molecular flexibility index (Phi) is 2.86. The number of hydrogen-bond acceptors (Lipinski definition) is 3. The third kappa shape index (κ3) is 1.93. The molecule has 0 aliphatic heterocycles. The summed E-state index contributed by atoms with van der Waals surface area (Å²) in [6, 6.07) is 20.0. The first-order valence-electron chi connectivity index (χ1n) is 7.07. The standard InChI is InChI=1S/C18H14N4/c19-16-10-11-20-12-15(16)18-14-8-4-5-9-17(14)22(21-18)13-6-2-1-3-7-13/h1-12H,(H2,19,20). The minimum absolute atomic E-state index is 0.679. The predicted molar refractivity (Wildman–Crippen MR) is 88.7 cm³/mol. The average molecular weight is 286 g/mol. The first-order valence-corrected chi connectivity index (χ1v) is 7.07. The summed E-state index contributed by atoms with van der Waals surface area (Å²) in [4.78, 5) is 4.18. The van der Waals surface area contributed by atoms with Crippen LogP contribution in [0.2, 0.25) is 0 Å². The van der Waals surface area contributed by atoms with Gasteiger partial charge >= 0.3 is 0 Å². The van der Waals surface area contributed by atoms with E-state index in [1.54, 1.807) is 18.5 Å². The predicted octanol–water partition coefficient (Wildman–Crippen LogP) is 3.67. The quantitative estimate of drug-likeness (QED) is 0.611. The maximum Gasteiger partial charge on any atom is 0.104 e. The van der Waals surface area contributed by atoms with E-state index in [0.717, 1.165) is 27.8 Å². The Morgan fingerprint density at radius 3 is 2.45 bits per heavy atom.